The van der Waals surface area contributed by atoms with E-state index < -0.39 is 0 Å². The van der Waals surface area contributed by atoms with Crippen molar-refractivity contribution in [3.63, 3.8) is 0 Å². The summed E-state index contributed by atoms with van der Waals surface area (Å²) < 4.78 is 0. The number of Topliss-reactive ketones (excluding diaryl/α,β-unsaturated/α-hetero) is 1. The normalized spacial score (nSPS) is 20.0. The quantitative estimate of drug-likeness (QED) is 0.886. The number of carbonyl (C=O) groups excluding carboxylic acids is 2. The Morgan fingerprint density at radius 3 is 2.67 bits per heavy atom. The first-order chi connectivity index (χ1) is 13.0. The molecule has 0 saturated carbocycles. The minimum atomic E-state index is -0.00261. The molecule has 4 rings (SSSR count). The van der Waals surface area contributed by atoms with Crippen molar-refractivity contribution in [3.8, 4) is 0 Å². The van der Waals surface area contributed by atoms with Crippen LogP contribution in [0.1, 0.15) is 57.4 Å². The molecule has 0 unspecified atom stereocenters. The summed E-state index contributed by atoms with van der Waals surface area (Å²) in [5, 5.41) is 0. The van der Waals surface area contributed by atoms with Crippen LogP contribution in [-0.4, -0.2) is 47.3 Å². The van der Waals surface area contributed by atoms with Crippen LogP contribution in [-0.2, 0) is 6.42 Å². The zero-order valence-corrected chi connectivity index (χ0v) is 16.3. The molecule has 1 aromatic carbocycles. The number of ketones is 1. The van der Waals surface area contributed by atoms with Crippen LogP contribution in [0.5, 0.6) is 0 Å². The number of carbonyl (C=O) groups is 2. The van der Waals surface area contributed by atoms with Gasteiger partial charge in [0.15, 0.2) is 5.78 Å². The SMILES string of the molecule is Cc1ccccc1N1CCN(C(=O)c2c(C)[nH]c3c2C(=O)CCC3)[C@H](C)C1. The summed E-state index contributed by atoms with van der Waals surface area (Å²) in [4.78, 5) is 33.4. The lowest BCUT2D eigenvalue weighted by molar-refractivity contribution is 0.0669. The maximum Gasteiger partial charge on any atom is 0.256 e. The van der Waals surface area contributed by atoms with Crippen LogP contribution in [0.2, 0.25) is 0 Å². The van der Waals surface area contributed by atoms with Crippen LogP contribution in [0.25, 0.3) is 0 Å². The summed E-state index contributed by atoms with van der Waals surface area (Å²) >= 11 is 0. The summed E-state index contributed by atoms with van der Waals surface area (Å²) in [6, 6.07) is 8.47. The van der Waals surface area contributed by atoms with Crippen LogP contribution in [0.3, 0.4) is 0 Å². The summed E-state index contributed by atoms with van der Waals surface area (Å²) in [6.45, 7) is 8.41. The smallest absolute Gasteiger partial charge is 0.256 e. The van der Waals surface area contributed by atoms with Gasteiger partial charge >= 0.3 is 0 Å². The van der Waals surface area contributed by atoms with Gasteiger partial charge in [0.05, 0.1) is 11.1 Å². The van der Waals surface area contributed by atoms with Crippen LogP contribution in [0, 0.1) is 13.8 Å². The number of amides is 1. The number of aromatic amines is 1. The van der Waals surface area contributed by atoms with Gasteiger partial charge in [-0.2, -0.15) is 0 Å². The molecule has 1 atom stereocenters. The van der Waals surface area contributed by atoms with Gasteiger partial charge in [0, 0.05) is 49.2 Å². The topological polar surface area (TPSA) is 56.4 Å². The highest BCUT2D eigenvalue weighted by Gasteiger charge is 2.34. The molecule has 142 valence electrons. The predicted octanol–water partition coefficient (Wildman–Crippen LogP) is 3.50. The van der Waals surface area contributed by atoms with Crippen molar-refractivity contribution >= 4 is 17.4 Å². The maximum absolute atomic E-state index is 13.4. The Morgan fingerprint density at radius 2 is 1.93 bits per heavy atom. The first-order valence-corrected chi connectivity index (χ1v) is 9.83. The molecule has 2 aromatic rings. The Kier molecular flexibility index (Phi) is 4.54. The number of H-pyrrole nitrogens is 1. The van der Waals surface area contributed by atoms with Gasteiger partial charge in [-0.15, -0.1) is 0 Å². The largest absolute Gasteiger partial charge is 0.367 e. The second kappa shape index (κ2) is 6.87. The number of fused-ring (bicyclic) bond motifs is 1. The average Bonchev–Trinajstić information content (AvgIpc) is 2.99. The van der Waals surface area contributed by atoms with Crippen LogP contribution >= 0.6 is 0 Å². The predicted molar refractivity (Wildman–Crippen MR) is 107 cm³/mol. The first kappa shape index (κ1) is 17.8. The van der Waals surface area contributed by atoms with E-state index in [1.807, 2.05) is 11.8 Å². The maximum atomic E-state index is 13.4. The van der Waals surface area contributed by atoms with E-state index in [1.54, 1.807) is 0 Å². The van der Waals surface area contributed by atoms with Crippen molar-refractivity contribution < 1.29 is 9.59 Å². The summed E-state index contributed by atoms with van der Waals surface area (Å²) in [6.07, 6.45) is 2.26. The van der Waals surface area contributed by atoms with Gasteiger partial charge in [-0.25, -0.2) is 0 Å². The Hall–Kier alpha value is -2.56. The molecule has 5 nitrogen and oxygen atoms in total. The fourth-order valence-electron chi connectivity index (χ4n) is 4.54. The van der Waals surface area contributed by atoms with Gasteiger partial charge in [0.25, 0.3) is 5.91 Å². The van der Waals surface area contributed by atoms with Crippen molar-refractivity contribution in [1.82, 2.24) is 9.88 Å². The molecule has 0 radical (unpaired) electrons. The number of hydrogen-bond donors (Lipinski definition) is 1. The van der Waals surface area contributed by atoms with Crippen molar-refractivity contribution in [2.75, 3.05) is 24.5 Å². The number of nitrogens with one attached hydrogen (secondary N) is 1. The first-order valence-electron chi connectivity index (χ1n) is 9.83. The monoisotopic (exact) mass is 365 g/mol. The molecule has 2 heterocycles. The van der Waals surface area contributed by atoms with Gasteiger partial charge in [-0.05, 0) is 45.2 Å². The molecule has 1 N–H and O–H groups in total. The highest BCUT2D eigenvalue weighted by molar-refractivity contribution is 6.10. The second-order valence-corrected chi connectivity index (χ2v) is 7.84. The Bertz CT molecular complexity index is 899. The molecule has 1 amide bonds. The summed E-state index contributed by atoms with van der Waals surface area (Å²) in [5.74, 6) is 0.104. The zero-order valence-electron chi connectivity index (χ0n) is 16.3. The van der Waals surface area contributed by atoms with Crippen molar-refractivity contribution in [2.45, 2.75) is 46.1 Å². The Labute approximate surface area is 160 Å². The number of benzene rings is 1. The van der Waals surface area contributed by atoms with E-state index in [-0.39, 0.29) is 17.7 Å². The van der Waals surface area contributed by atoms with Crippen molar-refractivity contribution in [3.05, 3.63) is 52.3 Å². The second-order valence-electron chi connectivity index (χ2n) is 7.84. The summed E-state index contributed by atoms with van der Waals surface area (Å²) in [7, 11) is 0. The highest BCUT2D eigenvalue weighted by atomic mass is 16.2. The van der Waals surface area contributed by atoms with E-state index in [2.05, 4.69) is 48.0 Å². The molecule has 5 heteroatoms. The zero-order chi connectivity index (χ0) is 19.1. The van der Waals surface area contributed by atoms with Crippen molar-refractivity contribution in [1.29, 1.82) is 0 Å². The number of piperazine rings is 1. The van der Waals surface area contributed by atoms with E-state index >= 15 is 0 Å². The van der Waals surface area contributed by atoms with Gasteiger partial charge in [0.1, 0.15) is 0 Å². The average molecular weight is 365 g/mol. The lowest BCUT2D eigenvalue weighted by Gasteiger charge is -2.41. The van der Waals surface area contributed by atoms with E-state index in [9.17, 15) is 9.59 Å². The van der Waals surface area contributed by atoms with Gasteiger partial charge < -0.3 is 14.8 Å². The van der Waals surface area contributed by atoms with Gasteiger partial charge in [-0.1, -0.05) is 18.2 Å². The molecule has 0 spiro atoms. The fraction of sp³-hybridized carbons (Fsp3) is 0.455. The van der Waals surface area contributed by atoms with E-state index in [0.29, 0.717) is 24.1 Å². The third kappa shape index (κ3) is 3.05. The number of nitrogens with zero attached hydrogens (tertiary/aromatic N) is 2. The minimum Gasteiger partial charge on any atom is -0.367 e. The number of hydrogen-bond acceptors (Lipinski definition) is 3. The molecule has 1 fully saturated rings. The molecular formula is C22H27N3O2. The Morgan fingerprint density at radius 1 is 1.15 bits per heavy atom. The van der Waals surface area contributed by atoms with Crippen molar-refractivity contribution in [2.24, 2.45) is 0 Å². The number of rotatable bonds is 2. The fourth-order valence-corrected chi connectivity index (χ4v) is 4.54. The molecule has 1 aromatic heterocycles. The number of anilines is 1. The third-order valence-electron chi connectivity index (χ3n) is 5.93. The van der Waals surface area contributed by atoms with Gasteiger partial charge in [-0.3, -0.25) is 9.59 Å². The minimum absolute atomic E-state index is 0.00261. The highest BCUT2D eigenvalue weighted by Crippen LogP contribution is 2.30. The van der Waals surface area contributed by atoms with E-state index in [0.717, 1.165) is 37.3 Å². The third-order valence-corrected chi connectivity index (χ3v) is 5.93. The number of aryl methyl sites for hydroxylation is 3. The standard InChI is InChI=1S/C22H27N3O2/c1-14-7-4-5-9-18(14)24-11-12-25(15(2)13-24)22(27)20-16(3)23-17-8-6-10-19(26)21(17)20/h4-5,7,9,15,23H,6,8,10-13H2,1-3H3/t15-/m1/s1. The summed E-state index contributed by atoms with van der Waals surface area (Å²) in [5.41, 5.74) is 5.52. The molecular weight excluding hydrogens is 338 g/mol. The number of para-hydroxylation sites is 1. The molecule has 0 bridgehead atoms. The molecule has 1 saturated heterocycles. The molecule has 1 aliphatic carbocycles. The Balaban J connectivity index is 1.57. The molecule has 27 heavy (non-hydrogen) atoms. The lowest BCUT2D eigenvalue weighted by atomic mass is 9.92. The lowest BCUT2D eigenvalue weighted by Crippen LogP contribution is -2.54. The van der Waals surface area contributed by atoms with E-state index in [4.69, 9.17) is 0 Å². The van der Waals surface area contributed by atoms with Gasteiger partial charge in [0.2, 0.25) is 0 Å². The molecule has 1 aliphatic heterocycles. The number of aromatic nitrogens is 1. The van der Waals surface area contributed by atoms with Crippen LogP contribution in [0.4, 0.5) is 5.69 Å². The van der Waals surface area contributed by atoms with Crippen LogP contribution < -0.4 is 4.90 Å². The molecule has 2 aliphatic rings. The van der Waals surface area contributed by atoms with E-state index in [1.165, 1.54) is 11.3 Å². The van der Waals surface area contributed by atoms with Crippen LogP contribution in [0.15, 0.2) is 24.3 Å².